The zero-order valence-electron chi connectivity index (χ0n) is 11.8. The minimum absolute atomic E-state index is 0.872. The van der Waals surface area contributed by atoms with E-state index in [0.29, 0.717) is 0 Å². The van der Waals surface area contributed by atoms with Crippen molar-refractivity contribution in [3.8, 4) is 0 Å². The molecule has 0 spiro atoms. The summed E-state index contributed by atoms with van der Waals surface area (Å²) in [6, 6.07) is 0. The molecule has 5 aliphatic rings. The SMILES string of the molecule is C1CC2CC34CCCCC3(C2C1)C1CCCC1C4. The first-order valence-electron chi connectivity index (χ1n) is 8.86. The minimum Gasteiger partial charge on any atom is -0.0527 e. The third-order valence-corrected chi connectivity index (χ3v) is 8.43. The Balaban J connectivity index is 1.66. The van der Waals surface area contributed by atoms with E-state index in [0.717, 1.165) is 10.8 Å². The van der Waals surface area contributed by atoms with Gasteiger partial charge in [-0.2, -0.15) is 0 Å². The van der Waals surface area contributed by atoms with Crippen molar-refractivity contribution in [3.05, 3.63) is 0 Å². The number of hydrogen-bond donors (Lipinski definition) is 0. The molecule has 0 heterocycles. The molecule has 0 N–H and O–H groups in total. The zero-order valence-corrected chi connectivity index (χ0v) is 11.8. The van der Waals surface area contributed by atoms with Crippen molar-refractivity contribution in [1.82, 2.24) is 0 Å². The Morgan fingerprint density at radius 3 is 1.89 bits per heavy atom. The molecule has 5 fully saturated rings. The van der Waals surface area contributed by atoms with Crippen LogP contribution in [0, 0.1) is 34.5 Å². The van der Waals surface area contributed by atoms with Gasteiger partial charge in [0, 0.05) is 0 Å². The number of rotatable bonds is 0. The van der Waals surface area contributed by atoms with Crippen molar-refractivity contribution in [1.29, 1.82) is 0 Å². The summed E-state index contributed by atoms with van der Waals surface area (Å²) in [6.07, 6.45) is 19.4. The number of hydrogen-bond acceptors (Lipinski definition) is 0. The van der Waals surface area contributed by atoms with Crippen LogP contribution in [0.3, 0.4) is 0 Å². The normalized spacial score (nSPS) is 61.3. The molecule has 0 saturated heterocycles. The molecule has 0 bridgehead atoms. The highest BCUT2D eigenvalue weighted by Gasteiger charge is 2.72. The molecular formula is C18H28. The third kappa shape index (κ3) is 1.00. The van der Waals surface area contributed by atoms with Crippen LogP contribution < -0.4 is 0 Å². The standard InChI is InChI=1S/C18H28/c1-2-10-18-15-7-3-5-13(15)11-17(18,9-1)12-14-6-4-8-16(14)18/h13-16H,1-12H2. The van der Waals surface area contributed by atoms with Crippen LogP contribution in [0.5, 0.6) is 0 Å². The lowest BCUT2D eigenvalue weighted by Crippen LogP contribution is -2.44. The van der Waals surface area contributed by atoms with Gasteiger partial charge in [0.25, 0.3) is 0 Å². The van der Waals surface area contributed by atoms with E-state index in [2.05, 4.69) is 0 Å². The van der Waals surface area contributed by atoms with E-state index in [9.17, 15) is 0 Å². The van der Waals surface area contributed by atoms with Gasteiger partial charge >= 0.3 is 0 Å². The molecule has 0 aromatic carbocycles. The summed E-state index contributed by atoms with van der Waals surface area (Å²) in [5.41, 5.74) is 1.75. The fourth-order valence-electron chi connectivity index (χ4n) is 8.40. The maximum absolute atomic E-state index is 1.67. The molecule has 0 radical (unpaired) electrons. The Kier molecular flexibility index (Phi) is 2.01. The lowest BCUT2D eigenvalue weighted by atomic mass is 9.53. The first kappa shape index (κ1) is 10.7. The minimum atomic E-state index is 0.872. The van der Waals surface area contributed by atoms with Crippen molar-refractivity contribution in [3.63, 3.8) is 0 Å². The molecule has 0 heteroatoms. The quantitative estimate of drug-likeness (QED) is 0.551. The highest BCUT2D eigenvalue weighted by atomic mass is 14.8. The smallest absolute Gasteiger partial charge is 0.0179 e. The lowest BCUT2D eigenvalue weighted by molar-refractivity contribution is -0.0232. The summed E-state index contributed by atoms with van der Waals surface area (Å²) < 4.78 is 0. The van der Waals surface area contributed by atoms with Crippen molar-refractivity contribution in [2.75, 3.05) is 0 Å². The predicted octanol–water partition coefficient (Wildman–Crippen LogP) is 5.17. The van der Waals surface area contributed by atoms with Crippen molar-refractivity contribution in [2.24, 2.45) is 34.5 Å². The molecule has 4 unspecified atom stereocenters. The maximum Gasteiger partial charge on any atom is -0.0179 e. The summed E-state index contributed by atoms with van der Waals surface area (Å²) in [7, 11) is 0. The Bertz CT molecular complexity index is 344. The van der Waals surface area contributed by atoms with Crippen molar-refractivity contribution >= 4 is 0 Å². The zero-order chi connectivity index (χ0) is 11.8. The van der Waals surface area contributed by atoms with E-state index >= 15 is 0 Å². The highest BCUT2D eigenvalue weighted by molar-refractivity contribution is 5.21. The van der Waals surface area contributed by atoms with Crippen LogP contribution in [0.25, 0.3) is 0 Å². The van der Waals surface area contributed by atoms with Crippen LogP contribution in [-0.4, -0.2) is 0 Å². The van der Waals surface area contributed by atoms with Gasteiger partial charge in [0.1, 0.15) is 0 Å². The van der Waals surface area contributed by atoms with Crippen LogP contribution in [0.2, 0.25) is 0 Å². The van der Waals surface area contributed by atoms with E-state index in [-0.39, 0.29) is 0 Å². The van der Waals surface area contributed by atoms with Gasteiger partial charge in [0.2, 0.25) is 0 Å². The fraction of sp³-hybridized carbons (Fsp3) is 1.00. The van der Waals surface area contributed by atoms with Gasteiger partial charge in [-0.05, 0) is 73.0 Å². The second-order valence-corrected chi connectivity index (χ2v) is 8.53. The molecule has 5 aliphatic carbocycles. The second kappa shape index (κ2) is 3.36. The highest BCUT2D eigenvalue weighted by Crippen LogP contribution is 2.80. The van der Waals surface area contributed by atoms with Gasteiger partial charge in [0.05, 0.1) is 0 Å². The van der Waals surface area contributed by atoms with E-state index in [1.165, 1.54) is 23.7 Å². The molecule has 0 aromatic rings. The van der Waals surface area contributed by atoms with Crippen LogP contribution in [-0.2, 0) is 0 Å². The fourth-order valence-corrected chi connectivity index (χ4v) is 8.40. The van der Waals surface area contributed by atoms with Gasteiger partial charge in [0.15, 0.2) is 0 Å². The monoisotopic (exact) mass is 244 g/mol. The molecule has 0 aromatic heterocycles. The van der Waals surface area contributed by atoms with Crippen LogP contribution in [0.4, 0.5) is 0 Å². The molecule has 4 atom stereocenters. The Morgan fingerprint density at radius 1 is 0.611 bits per heavy atom. The molecule has 5 rings (SSSR count). The Hall–Kier alpha value is 0. The van der Waals surface area contributed by atoms with E-state index in [1.54, 1.807) is 77.0 Å². The molecular weight excluding hydrogens is 216 g/mol. The Labute approximate surface area is 112 Å². The average molecular weight is 244 g/mol. The van der Waals surface area contributed by atoms with Gasteiger partial charge in [-0.3, -0.25) is 0 Å². The predicted molar refractivity (Wildman–Crippen MR) is 74.2 cm³/mol. The van der Waals surface area contributed by atoms with E-state index in [4.69, 9.17) is 0 Å². The van der Waals surface area contributed by atoms with E-state index < -0.39 is 0 Å². The summed E-state index contributed by atoms with van der Waals surface area (Å²) in [6.45, 7) is 0. The molecule has 0 aliphatic heterocycles. The van der Waals surface area contributed by atoms with Crippen molar-refractivity contribution in [2.45, 2.75) is 77.0 Å². The summed E-state index contributed by atoms with van der Waals surface area (Å²) in [5, 5.41) is 0. The Morgan fingerprint density at radius 2 is 1.22 bits per heavy atom. The largest absolute Gasteiger partial charge is 0.0527 e. The van der Waals surface area contributed by atoms with Gasteiger partial charge in [-0.1, -0.05) is 38.5 Å². The van der Waals surface area contributed by atoms with Gasteiger partial charge in [-0.15, -0.1) is 0 Å². The average Bonchev–Trinajstić information content (AvgIpc) is 3.03. The molecule has 0 nitrogen and oxygen atoms in total. The molecule has 18 heavy (non-hydrogen) atoms. The van der Waals surface area contributed by atoms with Gasteiger partial charge in [-0.25, -0.2) is 0 Å². The molecule has 100 valence electrons. The summed E-state index contributed by atoms with van der Waals surface area (Å²) >= 11 is 0. The first-order valence-corrected chi connectivity index (χ1v) is 8.86. The number of fused-ring (bicyclic) bond motifs is 2. The van der Waals surface area contributed by atoms with Gasteiger partial charge < -0.3 is 0 Å². The maximum atomic E-state index is 1.67. The topological polar surface area (TPSA) is 0 Å². The lowest BCUT2D eigenvalue weighted by Gasteiger charge is -2.51. The first-order chi connectivity index (χ1) is 8.86. The molecule has 0 amide bonds. The second-order valence-electron chi connectivity index (χ2n) is 8.53. The van der Waals surface area contributed by atoms with Crippen LogP contribution in [0.15, 0.2) is 0 Å². The summed E-state index contributed by atoms with van der Waals surface area (Å²) in [5.74, 6) is 4.71. The van der Waals surface area contributed by atoms with E-state index in [1.807, 2.05) is 0 Å². The summed E-state index contributed by atoms with van der Waals surface area (Å²) in [4.78, 5) is 0. The van der Waals surface area contributed by atoms with Crippen LogP contribution >= 0.6 is 0 Å². The molecule has 5 saturated carbocycles. The van der Waals surface area contributed by atoms with Crippen molar-refractivity contribution < 1.29 is 0 Å². The third-order valence-electron chi connectivity index (χ3n) is 8.43. The van der Waals surface area contributed by atoms with Crippen LogP contribution in [0.1, 0.15) is 77.0 Å².